The lowest BCUT2D eigenvalue weighted by Crippen LogP contribution is -2.39. The maximum atomic E-state index is 13.4. The summed E-state index contributed by atoms with van der Waals surface area (Å²) in [6, 6.07) is 6.22. The van der Waals surface area contributed by atoms with Crippen LogP contribution in [0.3, 0.4) is 0 Å². The van der Waals surface area contributed by atoms with Crippen molar-refractivity contribution >= 4 is 5.91 Å². The number of amides is 1. The number of nitrogens with one attached hydrogen (secondary N) is 2. The number of carbonyl (C=O) groups excluding carboxylic acids is 1. The standard InChI is InChI=1S/C17H21FN4O/c1-19-15(12-9-21-22(2)10-12)16(23)20-11-17(6-7-17)13-4-3-5-14(18)8-13/h3-5,8-10,15,19H,6-7,11H2,1-2H3,(H,20,23). The Morgan fingerprint density at radius 1 is 1.48 bits per heavy atom. The van der Waals surface area contributed by atoms with Crippen molar-refractivity contribution in [3.05, 3.63) is 53.6 Å². The molecular formula is C17H21FN4O. The van der Waals surface area contributed by atoms with Gasteiger partial charge in [-0.25, -0.2) is 4.39 Å². The fraction of sp³-hybridized carbons (Fsp3) is 0.412. The van der Waals surface area contributed by atoms with Gasteiger partial charge in [-0.1, -0.05) is 12.1 Å². The van der Waals surface area contributed by atoms with Gasteiger partial charge in [0.25, 0.3) is 0 Å². The summed E-state index contributed by atoms with van der Waals surface area (Å²) >= 11 is 0. The van der Waals surface area contributed by atoms with E-state index in [9.17, 15) is 9.18 Å². The van der Waals surface area contributed by atoms with E-state index in [1.807, 2.05) is 19.3 Å². The molecule has 1 aromatic carbocycles. The number of aryl methyl sites for hydroxylation is 1. The van der Waals surface area contributed by atoms with Crippen LogP contribution < -0.4 is 10.6 Å². The Balaban J connectivity index is 1.66. The minimum atomic E-state index is -0.438. The SMILES string of the molecule is CNC(C(=O)NCC1(c2cccc(F)c2)CC1)c1cnn(C)c1. The molecule has 23 heavy (non-hydrogen) atoms. The molecule has 3 rings (SSSR count). The zero-order valence-corrected chi connectivity index (χ0v) is 13.3. The summed E-state index contributed by atoms with van der Waals surface area (Å²) in [5.41, 5.74) is 1.66. The van der Waals surface area contributed by atoms with Gasteiger partial charge in [0.15, 0.2) is 0 Å². The molecule has 1 aliphatic carbocycles. The van der Waals surface area contributed by atoms with Crippen LogP contribution in [0.2, 0.25) is 0 Å². The summed E-state index contributed by atoms with van der Waals surface area (Å²) in [5.74, 6) is -0.327. The molecule has 0 aliphatic heterocycles. The molecule has 1 unspecified atom stereocenters. The zero-order chi connectivity index (χ0) is 16.4. The van der Waals surface area contributed by atoms with E-state index < -0.39 is 6.04 Å². The second kappa shape index (κ2) is 6.12. The maximum Gasteiger partial charge on any atom is 0.241 e. The summed E-state index contributed by atoms with van der Waals surface area (Å²) in [6.07, 6.45) is 5.43. The molecule has 1 aliphatic rings. The number of aromatic nitrogens is 2. The first-order chi connectivity index (χ1) is 11.0. The average Bonchev–Trinajstić information content (AvgIpc) is 3.22. The first kappa shape index (κ1) is 15.7. The van der Waals surface area contributed by atoms with Crippen LogP contribution in [0.1, 0.15) is 30.0 Å². The van der Waals surface area contributed by atoms with Gasteiger partial charge in [-0.2, -0.15) is 5.10 Å². The molecule has 1 amide bonds. The number of hydrogen-bond acceptors (Lipinski definition) is 3. The van der Waals surface area contributed by atoms with Gasteiger partial charge in [0.1, 0.15) is 11.9 Å². The van der Waals surface area contributed by atoms with Crippen molar-refractivity contribution in [2.45, 2.75) is 24.3 Å². The molecule has 1 heterocycles. The number of likely N-dealkylation sites (N-methyl/N-ethyl adjacent to an activating group) is 1. The predicted octanol–water partition coefficient (Wildman–Crippen LogP) is 1.67. The van der Waals surface area contributed by atoms with Gasteiger partial charge in [0.05, 0.1) is 6.20 Å². The maximum absolute atomic E-state index is 13.4. The van der Waals surface area contributed by atoms with Crippen molar-refractivity contribution in [2.24, 2.45) is 7.05 Å². The highest BCUT2D eigenvalue weighted by Gasteiger charge is 2.44. The normalized spacial score (nSPS) is 16.8. The Morgan fingerprint density at radius 3 is 2.83 bits per heavy atom. The molecule has 1 fully saturated rings. The molecule has 5 nitrogen and oxygen atoms in total. The van der Waals surface area contributed by atoms with Crippen molar-refractivity contribution in [1.82, 2.24) is 20.4 Å². The first-order valence-electron chi connectivity index (χ1n) is 7.74. The molecular weight excluding hydrogens is 295 g/mol. The monoisotopic (exact) mass is 316 g/mol. The highest BCUT2D eigenvalue weighted by molar-refractivity contribution is 5.83. The Labute approximate surface area is 134 Å². The fourth-order valence-corrected chi connectivity index (χ4v) is 2.93. The lowest BCUT2D eigenvalue weighted by Gasteiger charge is -2.20. The second-order valence-electron chi connectivity index (χ2n) is 6.18. The summed E-state index contributed by atoms with van der Waals surface area (Å²) in [7, 11) is 3.56. The van der Waals surface area contributed by atoms with E-state index in [0.29, 0.717) is 6.54 Å². The van der Waals surface area contributed by atoms with Crippen LogP contribution in [-0.4, -0.2) is 29.3 Å². The quantitative estimate of drug-likeness (QED) is 0.852. The number of benzene rings is 1. The minimum absolute atomic E-state index is 0.0943. The van der Waals surface area contributed by atoms with Gasteiger partial charge in [0.2, 0.25) is 5.91 Å². The molecule has 1 aromatic heterocycles. The first-order valence-corrected chi connectivity index (χ1v) is 7.74. The van der Waals surface area contributed by atoms with E-state index in [1.54, 1.807) is 30.1 Å². The molecule has 6 heteroatoms. The molecule has 1 saturated carbocycles. The summed E-state index contributed by atoms with van der Waals surface area (Å²) in [4.78, 5) is 12.5. The second-order valence-corrected chi connectivity index (χ2v) is 6.18. The van der Waals surface area contributed by atoms with E-state index in [1.165, 1.54) is 6.07 Å². The lowest BCUT2D eigenvalue weighted by molar-refractivity contribution is -0.123. The van der Waals surface area contributed by atoms with Crippen LogP contribution in [0, 0.1) is 5.82 Å². The van der Waals surface area contributed by atoms with Gasteiger partial charge in [-0.3, -0.25) is 9.48 Å². The molecule has 2 N–H and O–H groups in total. The van der Waals surface area contributed by atoms with Gasteiger partial charge in [-0.05, 0) is 37.6 Å². The van der Waals surface area contributed by atoms with Gasteiger partial charge in [-0.15, -0.1) is 0 Å². The predicted molar refractivity (Wildman–Crippen MR) is 85.3 cm³/mol. The molecule has 0 saturated heterocycles. The zero-order valence-electron chi connectivity index (χ0n) is 13.3. The minimum Gasteiger partial charge on any atom is -0.354 e. The number of hydrogen-bond donors (Lipinski definition) is 2. The van der Waals surface area contributed by atoms with Crippen molar-refractivity contribution in [3.63, 3.8) is 0 Å². The van der Waals surface area contributed by atoms with E-state index in [2.05, 4.69) is 15.7 Å². The molecule has 1 atom stereocenters. The topological polar surface area (TPSA) is 59.0 Å². The van der Waals surface area contributed by atoms with E-state index in [-0.39, 0.29) is 17.1 Å². The molecule has 0 bridgehead atoms. The van der Waals surface area contributed by atoms with Crippen molar-refractivity contribution in [2.75, 3.05) is 13.6 Å². The van der Waals surface area contributed by atoms with Crippen LogP contribution in [0.4, 0.5) is 4.39 Å². The van der Waals surface area contributed by atoms with E-state index in [0.717, 1.165) is 24.0 Å². The lowest BCUT2D eigenvalue weighted by atomic mass is 9.95. The Hall–Kier alpha value is -2.21. The van der Waals surface area contributed by atoms with Crippen LogP contribution >= 0.6 is 0 Å². The van der Waals surface area contributed by atoms with Gasteiger partial charge in [0, 0.05) is 30.8 Å². The summed E-state index contributed by atoms with van der Waals surface area (Å²) in [6.45, 7) is 0.522. The number of carbonyl (C=O) groups is 1. The van der Waals surface area contributed by atoms with Gasteiger partial charge >= 0.3 is 0 Å². The Bertz CT molecular complexity index is 708. The molecule has 122 valence electrons. The molecule has 0 spiro atoms. The van der Waals surface area contributed by atoms with Crippen LogP contribution in [-0.2, 0) is 17.3 Å². The third kappa shape index (κ3) is 3.27. The average molecular weight is 316 g/mol. The van der Waals surface area contributed by atoms with Crippen molar-refractivity contribution < 1.29 is 9.18 Å². The van der Waals surface area contributed by atoms with Gasteiger partial charge < -0.3 is 10.6 Å². The summed E-state index contributed by atoms with van der Waals surface area (Å²) in [5, 5.41) is 10.1. The Kier molecular flexibility index (Phi) is 4.17. The van der Waals surface area contributed by atoms with E-state index in [4.69, 9.17) is 0 Å². The van der Waals surface area contributed by atoms with Crippen molar-refractivity contribution in [1.29, 1.82) is 0 Å². The largest absolute Gasteiger partial charge is 0.354 e. The molecule has 0 radical (unpaired) electrons. The third-order valence-corrected chi connectivity index (χ3v) is 4.50. The number of halogens is 1. The van der Waals surface area contributed by atoms with Crippen molar-refractivity contribution in [3.8, 4) is 0 Å². The van der Waals surface area contributed by atoms with E-state index >= 15 is 0 Å². The Morgan fingerprint density at radius 2 is 2.26 bits per heavy atom. The third-order valence-electron chi connectivity index (χ3n) is 4.50. The smallest absolute Gasteiger partial charge is 0.241 e. The van der Waals surface area contributed by atoms with Crippen LogP contribution in [0.15, 0.2) is 36.7 Å². The molecule has 2 aromatic rings. The summed E-state index contributed by atoms with van der Waals surface area (Å²) < 4.78 is 15.1. The van der Waals surface area contributed by atoms with Crippen LogP contribution in [0.25, 0.3) is 0 Å². The highest BCUT2D eigenvalue weighted by Crippen LogP contribution is 2.47. The fourth-order valence-electron chi connectivity index (χ4n) is 2.93. The highest BCUT2D eigenvalue weighted by atomic mass is 19.1. The van der Waals surface area contributed by atoms with Crippen LogP contribution in [0.5, 0.6) is 0 Å². The number of rotatable bonds is 6. The number of nitrogens with zero attached hydrogens (tertiary/aromatic N) is 2.